The molecular formula is C22H17ClN2O3S2. The molecule has 1 aliphatic heterocycles. The van der Waals surface area contributed by atoms with Crippen LogP contribution in [0.3, 0.4) is 0 Å². The van der Waals surface area contributed by atoms with E-state index in [4.69, 9.17) is 16.0 Å². The molecule has 0 saturated carbocycles. The van der Waals surface area contributed by atoms with Gasteiger partial charge in [-0.25, -0.2) is 8.42 Å². The van der Waals surface area contributed by atoms with Crippen molar-refractivity contribution in [2.75, 3.05) is 11.4 Å². The Labute approximate surface area is 183 Å². The quantitative estimate of drug-likeness (QED) is 0.408. The number of rotatable bonds is 4. The number of fused-ring (bicyclic) bond motifs is 1. The van der Waals surface area contributed by atoms with E-state index in [0.717, 1.165) is 16.9 Å². The third-order valence-corrected chi connectivity index (χ3v) is 7.89. The number of aromatic nitrogens is 1. The van der Waals surface area contributed by atoms with E-state index in [1.165, 1.54) is 29.0 Å². The van der Waals surface area contributed by atoms with Gasteiger partial charge >= 0.3 is 0 Å². The molecular weight excluding hydrogens is 440 g/mol. The molecule has 5 rings (SSSR count). The zero-order chi connectivity index (χ0) is 20.7. The van der Waals surface area contributed by atoms with Crippen LogP contribution < -0.4 is 4.90 Å². The average molecular weight is 457 g/mol. The lowest BCUT2D eigenvalue weighted by atomic mass is 10.0. The Morgan fingerprint density at radius 2 is 1.77 bits per heavy atom. The van der Waals surface area contributed by atoms with E-state index in [-0.39, 0.29) is 15.8 Å². The van der Waals surface area contributed by atoms with Crippen molar-refractivity contribution >= 4 is 38.7 Å². The largest absolute Gasteiger partial charge is 0.418 e. The van der Waals surface area contributed by atoms with E-state index in [9.17, 15) is 8.42 Å². The maximum atomic E-state index is 13.4. The first kappa shape index (κ1) is 19.4. The molecule has 3 heterocycles. The van der Waals surface area contributed by atoms with Gasteiger partial charge in [0.15, 0.2) is 0 Å². The highest BCUT2D eigenvalue weighted by Gasteiger charge is 2.33. The molecule has 0 saturated heterocycles. The highest BCUT2D eigenvalue weighted by atomic mass is 35.5. The molecule has 0 bridgehead atoms. The number of sulfone groups is 1. The smallest absolute Gasteiger partial charge is 0.240 e. The molecule has 0 N–H and O–H groups in total. The van der Waals surface area contributed by atoms with Crippen LogP contribution >= 0.6 is 22.9 Å². The second-order valence-corrected chi connectivity index (χ2v) is 10.3. The third kappa shape index (κ3) is 3.43. The van der Waals surface area contributed by atoms with Gasteiger partial charge in [0.05, 0.1) is 9.77 Å². The van der Waals surface area contributed by atoms with Gasteiger partial charge in [-0.05, 0) is 53.3 Å². The molecule has 0 radical (unpaired) electrons. The molecule has 0 amide bonds. The molecule has 152 valence electrons. The predicted octanol–water partition coefficient (Wildman–Crippen LogP) is 5.45. The molecule has 0 atom stereocenters. The van der Waals surface area contributed by atoms with Crippen molar-refractivity contribution in [3.05, 3.63) is 82.2 Å². The average Bonchev–Trinajstić information content (AvgIpc) is 3.44. The topological polar surface area (TPSA) is 63.4 Å². The number of hydrogen-bond acceptors (Lipinski definition) is 6. The van der Waals surface area contributed by atoms with E-state index >= 15 is 0 Å². The summed E-state index contributed by atoms with van der Waals surface area (Å²) < 4.78 is 33.0. The summed E-state index contributed by atoms with van der Waals surface area (Å²) in [6.45, 7) is 1.22. The summed E-state index contributed by atoms with van der Waals surface area (Å²) in [6, 6.07) is 18.0. The van der Waals surface area contributed by atoms with Gasteiger partial charge in [0, 0.05) is 18.1 Å². The zero-order valence-corrected chi connectivity index (χ0v) is 18.2. The van der Waals surface area contributed by atoms with Crippen LogP contribution in [-0.2, 0) is 22.8 Å². The van der Waals surface area contributed by atoms with Crippen molar-refractivity contribution < 1.29 is 12.8 Å². The number of anilines is 1. The first-order valence-electron chi connectivity index (χ1n) is 9.39. The van der Waals surface area contributed by atoms with Crippen molar-refractivity contribution in [1.82, 2.24) is 4.98 Å². The summed E-state index contributed by atoms with van der Waals surface area (Å²) in [5.74, 6) is 0.592. The lowest BCUT2D eigenvalue weighted by Gasteiger charge is -2.28. The Hall–Kier alpha value is -2.61. The van der Waals surface area contributed by atoms with Crippen LogP contribution in [0.4, 0.5) is 5.88 Å². The molecule has 30 heavy (non-hydrogen) atoms. The maximum absolute atomic E-state index is 13.4. The van der Waals surface area contributed by atoms with Crippen LogP contribution in [0.2, 0.25) is 5.02 Å². The Balaban J connectivity index is 1.62. The van der Waals surface area contributed by atoms with Crippen LogP contribution in [0.5, 0.6) is 0 Å². The molecule has 1 aliphatic rings. The Morgan fingerprint density at radius 1 is 1.00 bits per heavy atom. The molecule has 2 aromatic carbocycles. The highest BCUT2D eigenvalue weighted by molar-refractivity contribution is 7.91. The van der Waals surface area contributed by atoms with Gasteiger partial charge in [-0.1, -0.05) is 41.9 Å². The van der Waals surface area contributed by atoms with Gasteiger partial charge in [-0.3, -0.25) is 0 Å². The van der Waals surface area contributed by atoms with Gasteiger partial charge in [0.2, 0.25) is 26.6 Å². The van der Waals surface area contributed by atoms with E-state index in [1.54, 1.807) is 12.1 Å². The van der Waals surface area contributed by atoms with Gasteiger partial charge in [-0.15, -0.1) is 11.3 Å². The van der Waals surface area contributed by atoms with Gasteiger partial charge in [0.1, 0.15) is 0 Å². The first-order chi connectivity index (χ1) is 14.5. The minimum Gasteiger partial charge on any atom is -0.418 e. The molecule has 8 heteroatoms. The van der Waals surface area contributed by atoms with Crippen LogP contribution in [-0.4, -0.2) is 19.9 Å². The molecule has 0 fully saturated rings. The maximum Gasteiger partial charge on any atom is 0.240 e. The number of nitrogens with zero attached hydrogens (tertiary/aromatic N) is 2. The molecule has 0 aliphatic carbocycles. The zero-order valence-electron chi connectivity index (χ0n) is 15.8. The van der Waals surface area contributed by atoms with Crippen molar-refractivity contribution in [3.63, 3.8) is 0 Å². The third-order valence-electron chi connectivity index (χ3n) is 5.11. The normalized spacial score (nSPS) is 14.0. The van der Waals surface area contributed by atoms with Crippen molar-refractivity contribution in [1.29, 1.82) is 0 Å². The summed E-state index contributed by atoms with van der Waals surface area (Å²) in [4.78, 5) is 7.31. The summed E-state index contributed by atoms with van der Waals surface area (Å²) >= 11 is 7.40. The summed E-state index contributed by atoms with van der Waals surface area (Å²) in [5, 5.41) is 2.32. The minimum absolute atomic E-state index is 0.0624. The number of benzene rings is 2. The fourth-order valence-electron chi connectivity index (χ4n) is 3.57. The van der Waals surface area contributed by atoms with Crippen LogP contribution in [0.1, 0.15) is 11.1 Å². The highest BCUT2D eigenvalue weighted by Crippen LogP contribution is 2.38. The molecule has 0 unspecified atom stereocenters. The summed E-state index contributed by atoms with van der Waals surface area (Å²) in [7, 11) is -3.88. The second-order valence-electron chi connectivity index (χ2n) is 7.00. The van der Waals surface area contributed by atoms with Crippen molar-refractivity contribution in [2.24, 2.45) is 0 Å². The van der Waals surface area contributed by atoms with Gasteiger partial charge in [-0.2, -0.15) is 4.98 Å². The molecule has 2 aromatic heterocycles. The number of halogens is 1. The first-order valence-corrected chi connectivity index (χ1v) is 12.1. The molecule has 5 nitrogen and oxygen atoms in total. The van der Waals surface area contributed by atoms with Crippen molar-refractivity contribution in [2.45, 2.75) is 22.9 Å². The molecule has 4 aromatic rings. The van der Waals surface area contributed by atoms with E-state index in [2.05, 4.69) is 17.1 Å². The monoisotopic (exact) mass is 456 g/mol. The van der Waals surface area contributed by atoms with Crippen LogP contribution in [0.25, 0.3) is 10.8 Å². The van der Waals surface area contributed by atoms with E-state index in [1.807, 2.05) is 34.5 Å². The number of thiophene rings is 1. The minimum atomic E-state index is -3.88. The Bertz CT molecular complexity index is 1300. The lowest BCUT2D eigenvalue weighted by molar-refractivity contribution is 0.534. The fourth-order valence-corrected chi connectivity index (χ4v) is 5.67. The predicted molar refractivity (Wildman–Crippen MR) is 118 cm³/mol. The molecule has 0 spiro atoms. The summed E-state index contributed by atoms with van der Waals surface area (Å²) in [6.07, 6.45) is 0.811. The van der Waals surface area contributed by atoms with E-state index in [0.29, 0.717) is 24.0 Å². The standard InChI is InChI=1S/C22H17ClN2O3S2/c23-17-7-9-18(10-8-17)30(26,27)21-22(28-20(24-21)19-6-3-13-29-19)25-12-11-15-4-1-2-5-16(15)14-25/h1-10,13H,11-12,14H2. The fraction of sp³-hybridized carbons (Fsp3) is 0.136. The van der Waals surface area contributed by atoms with Gasteiger partial charge in [0.25, 0.3) is 0 Å². The Kier molecular flexibility index (Phi) is 4.89. The lowest BCUT2D eigenvalue weighted by Crippen LogP contribution is -2.31. The van der Waals surface area contributed by atoms with Crippen LogP contribution in [0, 0.1) is 0 Å². The Morgan fingerprint density at radius 3 is 2.50 bits per heavy atom. The SMILES string of the molecule is O=S(=O)(c1ccc(Cl)cc1)c1nc(-c2cccs2)oc1N1CCc2ccccc2C1. The van der Waals surface area contributed by atoms with Crippen molar-refractivity contribution in [3.8, 4) is 10.8 Å². The van der Waals surface area contributed by atoms with Gasteiger partial charge < -0.3 is 9.32 Å². The summed E-state index contributed by atoms with van der Waals surface area (Å²) in [5.41, 5.74) is 2.43. The second kappa shape index (κ2) is 7.58. The number of hydrogen-bond donors (Lipinski definition) is 0. The van der Waals surface area contributed by atoms with E-state index < -0.39 is 9.84 Å². The van der Waals surface area contributed by atoms with Crippen LogP contribution in [0.15, 0.2) is 80.4 Å². The number of oxazole rings is 1.